The number of aliphatic hydroxyl groups excluding tert-OH is 1. The highest BCUT2D eigenvalue weighted by Gasteiger charge is 2.36. The highest BCUT2D eigenvalue weighted by molar-refractivity contribution is 6.31. The minimum atomic E-state index is -1.42. The number of nitrogens with two attached hydrogens (primary N) is 2. The molecule has 10 N–H and O–H groups in total. The molecule has 3 aromatic rings. The number of likely N-dealkylation sites (N-methyl/N-ethyl adjacent to an activating group) is 1. The van der Waals surface area contributed by atoms with E-state index >= 15 is 0 Å². The molecule has 0 radical (unpaired) electrons. The van der Waals surface area contributed by atoms with Gasteiger partial charge in [0.25, 0.3) is 5.91 Å². The summed E-state index contributed by atoms with van der Waals surface area (Å²) >= 11 is 6.05. The van der Waals surface area contributed by atoms with Crippen molar-refractivity contribution in [3.63, 3.8) is 0 Å². The number of carbonyl (C=O) groups excluding carboxylic acids is 6. The van der Waals surface area contributed by atoms with E-state index in [1.165, 1.54) is 37.9 Å². The third kappa shape index (κ3) is 13.3. The molecule has 1 heterocycles. The van der Waals surface area contributed by atoms with E-state index < -0.39 is 72.1 Å². The molecule has 0 fully saturated rings. The zero-order valence-corrected chi connectivity index (χ0v) is 37.2. The molecular formula is C47H58ClN7O9. The predicted octanol–water partition coefficient (Wildman–Crippen LogP) is 3.15. The van der Waals surface area contributed by atoms with Gasteiger partial charge in [0.05, 0.1) is 6.04 Å². The summed E-state index contributed by atoms with van der Waals surface area (Å²) < 4.78 is 5.99. The van der Waals surface area contributed by atoms with Crippen LogP contribution in [0.3, 0.4) is 0 Å². The summed E-state index contributed by atoms with van der Waals surface area (Å²) in [7, 11) is 1.41. The first kappa shape index (κ1) is 50.3. The zero-order valence-electron chi connectivity index (χ0n) is 36.5. The number of unbranched alkanes of at least 4 members (excludes halogenated alkanes) is 1. The summed E-state index contributed by atoms with van der Waals surface area (Å²) in [5.74, 6) is -3.99. The number of benzene rings is 3. The first-order valence-corrected chi connectivity index (χ1v) is 21.3. The Morgan fingerprint density at radius 1 is 0.953 bits per heavy atom. The number of aliphatic hydroxyl groups is 1. The Morgan fingerprint density at radius 2 is 1.66 bits per heavy atom. The number of fused-ring (bicyclic) bond motifs is 5. The molecule has 1 aliphatic rings. The van der Waals surface area contributed by atoms with Crippen LogP contribution >= 0.6 is 11.6 Å². The molecule has 0 saturated heterocycles. The number of nitrogens with one attached hydrogen (secondary N) is 4. The van der Waals surface area contributed by atoms with Crippen molar-refractivity contribution in [1.82, 2.24) is 26.2 Å². The second-order valence-electron chi connectivity index (χ2n) is 15.4. The molecule has 3 aromatic carbocycles. The Balaban J connectivity index is 1.79. The number of ether oxygens (including phenoxy) is 1. The number of amides is 5. The standard InChI is InChI=1S/C47H58ClN7O9/c1-6-34(48)17-10-27(2)31-12-14-32(15-13-31)44(60)53-37(9-7-8-20-49)47(63)55(5)42-33-16-19-41(64-22-21-50)36(25-33)35-23-30(11-18-39(35)57)24-38(45(61)51-28(3)40(58)26-56)54-43(59)29(4)52-46(42)62/h6,10-19,23,25,28-29,37-38,42,56-57H,1,7-9,20-22,24,26,49-50H2,2-5H3,(H,51,61)(H,52,62)(H,53,60)(H,54,59)/b27-10+,34-17+/t28-,29-,37-,38?,42-/m0/s1. The summed E-state index contributed by atoms with van der Waals surface area (Å²) in [6.07, 6.45) is 6.13. The van der Waals surface area contributed by atoms with E-state index in [0.29, 0.717) is 35.5 Å². The van der Waals surface area contributed by atoms with Crippen LogP contribution < -0.4 is 37.5 Å². The fraction of sp³-hybridized carbons (Fsp3) is 0.362. The maximum Gasteiger partial charge on any atom is 0.251 e. The predicted molar refractivity (Wildman–Crippen MR) is 245 cm³/mol. The molecule has 0 aromatic heterocycles. The van der Waals surface area contributed by atoms with Crippen molar-refractivity contribution in [1.29, 1.82) is 0 Å². The summed E-state index contributed by atoms with van der Waals surface area (Å²) in [5, 5.41) is 31.8. The van der Waals surface area contributed by atoms with Gasteiger partial charge in [-0.2, -0.15) is 0 Å². The van der Waals surface area contributed by atoms with Gasteiger partial charge in [-0.15, -0.1) is 0 Å². The molecule has 0 saturated carbocycles. The third-order valence-corrected chi connectivity index (χ3v) is 11.0. The van der Waals surface area contributed by atoms with Crippen molar-refractivity contribution < 1.29 is 43.7 Å². The smallest absolute Gasteiger partial charge is 0.251 e. The van der Waals surface area contributed by atoms with Crippen LogP contribution in [0.5, 0.6) is 11.5 Å². The lowest BCUT2D eigenvalue weighted by molar-refractivity contribution is -0.141. The topological polar surface area (TPSA) is 256 Å². The highest BCUT2D eigenvalue weighted by Crippen LogP contribution is 2.39. The van der Waals surface area contributed by atoms with Crippen molar-refractivity contribution in [2.75, 3.05) is 33.4 Å². The van der Waals surface area contributed by atoms with E-state index in [-0.39, 0.29) is 54.2 Å². The number of carbonyl (C=O) groups is 6. The number of Topliss-reactive ketones (excluding diaryl/α,β-unsaturated/α-hetero) is 1. The maximum atomic E-state index is 14.7. The van der Waals surface area contributed by atoms with E-state index in [0.717, 1.165) is 11.1 Å². The monoisotopic (exact) mass is 899 g/mol. The summed E-state index contributed by atoms with van der Waals surface area (Å²) in [4.78, 5) is 83.6. The van der Waals surface area contributed by atoms with Gasteiger partial charge in [-0.05, 0) is 111 Å². The molecule has 4 rings (SSSR count). The quantitative estimate of drug-likeness (QED) is 0.0680. The van der Waals surface area contributed by atoms with Gasteiger partial charge in [-0.3, -0.25) is 28.8 Å². The Kier molecular flexibility index (Phi) is 18.8. The lowest BCUT2D eigenvalue weighted by Gasteiger charge is -2.32. The van der Waals surface area contributed by atoms with E-state index in [4.69, 9.17) is 27.8 Å². The van der Waals surface area contributed by atoms with E-state index in [1.807, 2.05) is 13.0 Å². The Morgan fingerprint density at radius 3 is 2.31 bits per heavy atom. The number of phenolic OH excluding ortho intramolecular Hbond substituents is 1. The lowest BCUT2D eigenvalue weighted by Crippen LogP contribution is -2.57. The zero-order chi connectivity index (χ0) is 47.1. The lowest BCUT2D eigenvalue weighted by atomic mass is 9.93. The van der Waals surface area contributed by atoms with Crippen molar-refractivity contribution in [3.05, 3.63) is 113 Å². The molecule has 342 valence electrons. The number of halogens is 1. The van der Waals surface area contributed by atoms with Crippen LogP contribution in [0, 0.1) is 0 Å². The number of allylic oxidation sites excluding steroid dienone is 5. The molecule has 5 amide bonds. The van der Waals surface area contributed by atoms with Crippen molar-refractivity contribution >= 4 is 52.5 Å². The molecule has 16 nitrogen and oxygen atoms in total. The van der Waals surface area contributed by atoms with Crippen LogP contribution in [-0.2, 0) is 30.4 Å². The van der Waals surface area contributed by atoms with E-state index in [1.54, 1.807) is 60.7 Å². The number of hydrogen-bond donors (Lipinski definition) is 8. The van der Waals surface area contributed by atoms with Crippen LogP contribution in [0.4, 0.5) is 0 Å². The van der Waals surface area contributed by atoms with Crippen molar-refractivity contribution in [3.8, 4) is 22.6 Å². The third-order valence-electron chi connectivity index (χ3n) is 10.7. The molecule has 4 bridgehead atoms. The Bertz CT molecular complexity index is 2260. The van der Waals surface area contributed by atoms with E-state index in [9.17, 15) is 39.0 Å². The van der Waals surface area contributed by atoms with Crippen molar-refractivity contribution in [2.45, 2.75) is 76.7 Å². The van der Waals surface area contributed by atoms with Crippen LogP contribution in [0.2, 0.25) is 0 Å². The average molecular weight is 900 g/mol. The molecule has 5 atom stereocenters. The van der Waals surface area contributed by atoms with Gasteiger partial charge in [-0.25, -0.2) is 0 Å². The van der Waals surface area contributed by atoms with Gasteiger partial charge in [0, 0.05) is 41.7 Å². The summed E-state index contributed by atoms with van der Waals surface area (Å²) in [5.41, 5.74) is 14.9. The summed E-state index contributed by atoms with van der Waals surface area (Å²) in [6.45, 7) is 8.11. The number of hydrogen-bond acceptors (Lipinski definition) is 11. The fourth-order valence-corrected chi connectivity index (χ4v) is 7.01. The first-order chi connectivity index (χ1) is 30.5. The molecule has 17 heteroatoms. The SMILES string of the molecule is C=C/C(Cl)=C\C=C(/C)c1ccc(C(=O)N[C@@H](CCCCN)C(=O)N(C)[C@@H]2C(=O)N[C@@H](C)C(=O)NC(C(=O)N[C@@H](C)C(=O)CO)Cc3ccc(O)c(c3)-c3cc2ccc3OCCN)cc1. The van der Waals surface area contributed by atoms with Gasteiger partial charge in [-0.1, -0.05) is 54.6 Å². The van der Waals surface area contributed by atoms with Crippen LogP contribution in [0.25, 0.3) is 16.7 Å². The van der Waals surface area contributed by atoms with E-state index in [2.05, 4.69) is 27.8 Å². The minimum absolute atomic E-state index is 0.0940. The number of rotatable bonds is 18. The van der Waals surface area contributed by atoms with Gasteiger partial charge < -0.3 is 52.6 Å². The van der Waals surface area contributed by atoms with Crippen LogP contribution in [-0.4, -0.2) is 108 Å². The minimum Gasteiger partial charge on any atom is -0.507 e. The number of nitrogens with zero attached hydrogens (tertiary/aromatic N) is 1. The molecular weight excluding hydrogens is 842 g/mol. The molecule has 64 heavy (non-hydrogen) atoms. The summed E-state index contributed by atoms with van der Waals surface area (Å²) in [6, 6.07) is 9.95. The van der Waals surface area contributed by atoms with Gasteiger partial charge >= 0.3 is 0 Å². The highest BCUT2D eigenvalue weighted by atomic mass is 35.5. The normalized spacial score (nSPS) is 17.7. The second-order valence-corrected chi connectivity index (χ2v) is 15.9. The van der Waals surface area contributed by atoms with Gasteiger partial charge in [0.2, 0.25) is 23.6 Å². The molecule has 0 spiro atoms. The van der Waals surface area contributed by atoms with Gasteiger partial charge in [0.1, 0.15) is 48.9 Å². The second kappa shape index (κ2) is 23.9. The number of aromatic hydroxyl groups is 1. The first-order valence-electron chi connectivity index (χ1n) is 20.9. The maximum absolute atomic E-state index is 14.7. The van der Waals surface area contributed by atoms with Crippen LogP contribution in [0.15, 0.2) is 90.5 Å². The largest absolute Gasteiger partial charge is 0.507 e. The Hall–Kier alpha value is -6.33. The number of ketones is 1. The number of phenols is 1. The average Bonchev–Trinajstić information content (AvgIpc) is 3.29. The van der Waals surface area contributed by atoms with Crippen LogP contribution in [0.1, 0.15) is 73.1 Å². The molecule has 1 unspecified atom stereocenters. The Labute approximate surface area is 378 Å². The van der Waals surface area contributed by atoms with Gasteiger partial charge in [0.15, 0.2) is 5.78 Å². The van der Waals surface area contributed by atoms with Crippen molar-refractivity contribution in [2.24, 2.45) is 11.5 Å². The molecule has 1 aliphatic heterocycles. The molecule has 0 aliphatic carbocycles. The fourth-order valence-electron chi connectivity index (χ4n) is 6.95.